The highest BCUT2D eigenvalue weighted by atomic mass is 32.1. The van der Waals surface area contributed by atoms with Gasteiger partial charge in [-0.15, -0.1) is 11.3 Å². The number of amides is 1. The van der Waals surface area contributed by atoms with Gasteiger partial charge in [-0.25, -0.2) is 4.98 Å². The predicted molar refractivity (Wildman–Crippen MR) is 94.7 cm³/mol. The Labute approximate surface area is 142 Å². The first-order valence-corrected chi connectivity index (χ1v) is 8.81. The molecule has 0 saturated carbocycles. The van der Waals surface area contributed by atoms with Crippen molar-refractivity contribution in [3.8, 4) is 0 Å². The molecular weight excluding hydrogens is 310 g/mol. The van der Waals surface area contributed by atoms with E-state index in [-0.39, 0.29) is 17.5 Å². The van der Waals surface area contributed by atoms with Crippen LogP contribution in [0.1, 0.15) is 38.4 Å². The van der Waals surface area contributed by atoms with E-state index < -0.39 is 0 Å². The molecule has 0 aliphatic carbocycles. The number of piperazine rings is 1. The molecule has 1 aliphatic heterocycles. The van der Waals surface area contributed by atoms with Crippen LogP contribution in [0.5, 0.6) is 0 Å². The third-order valence-corrected chi connectivity index (χ3v) is 4.88. The average molecular weight is 337 g/mol. The molecule has 0 bridgehead atoms. The third kappa shape index (κ3) is 4.02. The average Bonchev–Trinajstić information content (AvgIpc) is 2.82. The summed E-state index contributed by atoms with van der Waals surface area (Å²) in [5, 5.41) is 6.38. The zero-order chi connectivity index (χ0) is 17.2. The second kappa shape index (κ2) is 6.86. The maximum absolute atomic E-state index is 12.6. The summed E-state index contributed by atoms with van der Waals surface area (Å²) < 4.78 is 0. The van der Waals surface area contributed by atoms with Crippen molar-refractivity contribution in [2.75, 3.05) is 20.1 Å². The number of hydrogen-bond donors (Lipinski definition) is 1. The van der Waals surface area contributed by atoms with Gasteiger partial charge in [-0.3, -0.25) is 9.79 Å². The number of rotatable bonds is 3. The summed E-state index contributed by atoms with van der Waals surface area (Å²) in [6, 6.07) is 0.202. The summed E-state index contributed by atoms with van der Waals surface area (Å²) in [5.74, 6) is 0.895. The summed E-state index contributed by atoms with van der Waals surface area (Å²) in [6.45, 7) is 12.1. The predicted octanol–water partition coefficient (Wildman–Crippen LogP) is 1.86. The monoisotopic (exact) mass is 337 g/mol. The minimum atomic E-state index is -0.223. The van der Waals surface area contributed by atoms with E-state index in [0.29, 0.717) is 13.1 Å². The molecule has 6 nitrogen and oxygen atoms in total. The molecule has 0 aromatic carbocycles. The summed E-state index contributed by atoms with van der Waals surface area (Å²) in [4.78, 5) is 25.3. The van der Waals surface area contributed by atoms with Gasteiger partial charge in [0.05, 0.1) is 18.6 Å². The van der Waals surface area contributed by atoms with Gasteiger partial charge in [-0.05, 0) is 34.6 Å². The lowest BCUT2D eigenvalue weighted by Crippen LogP contribution is -2.66. The molecular formula is C16H27N5OS. The molecule has 0 atom stereocenters. The molecule has 1 amide bonds. The van der Waals surface area contributed by atoms with Crippen LogP contribution in [0.3, 0.4) is 0 Å². The molecule has 1 N–H and O–H groups in total. The second-order valence-corrected chi connectivity index (χ2v) is 7.75. The fourth-order valence-electron chi connectivity index (χ4n) is 3.28. The van der Waals surface area contributed by atoms with Crippen molar-refractivity contribution < 1.29 is 4.79 Å². The van der Waals surface area contributed by atoms with Crippen molar-refractivity contribution in [1.29, 1.82) is 0 Å². The number of carbonyl (C=O) groups is 1. The molecule has 1 saturated heterocycles. The maximum Gasteiger partial charge on any atom is 0.242 e. The first kappa shape index (κ1) is 17.7. The summed E-state index contributed by atoms with van der Waals surface area (Å²) in [7, 11) is 1.75. The molecule has 2 heterocycles. The van der Waals surface area contributed by atoms with Crippen molar-refractivity contribution in [2.45, 2.75) is 52.7 Å². The molecule has 0 unspecified atom stereocenters. The Bertz CT molecular complexity index is 593. The van der Waals surface area contributed by atoms with Crippen LogP contribution in [0.2, 0.25) is 0 Å². The van der Waals surface area contributed by atoms with Gasteiger partial charge in [0.25, 0.3) is 0 Å². The highest BCUT2D eigenvalue weighted by Crippen LogP contribution is 2.24. The number of aliphatic imine (C=N–C) groups is 1. The molecule has 7 heteroatoms. The Hall–Kier alpha value is -1.63. The molecule has 23 heavy (non-hydrogen) atoms. The topological polar surface area (TPSA) is 60.8 Å². The van der Waals surface area contributed by atoms with Crippen LogP contribution < -0.4 is 5.32 Å². The Kier molecular flexibility index (Phi) is 5.29. The number of hydrogen-bond acceptors (Lipinski definition) is 4. The molecule has 0 spiro atoms. The Morgan fingerprint density at radius 3 is 2.70 bits per heavy atom. The SMILES string of the molecule is CN=C(NCc1nc(C)cs1)N1CC(=O)N(C(C)C)C(C)(C)C1. The number of aryl methyl sites for hydroxylation is 1. The van der Waals surface area contributed by atoms with Gasteiger partial charge >= 0.3 is 0 Å². The number of thiazole rings is 1. The van der Waals surface area contributed by atoms with Crippen LogP contribution in [0.4, 0.5) is 0 Å². The van der Waals surface area contributed by atoms with Gasteiger partial charge in [0.2, 0.25) is 5.91 Å². The Morgan fingerprint density at radius 1 is 1.52 bits per heavy atom. The quantitative estimate of drug-likeness (QED) is 0.675. The standard InChI is InChI=1S/C16H27N5OS/c1-11(2)21-14(22)8-20(10-16(21,4)5)15(17-6)18-7-13-19-12(3)9-23-13/h9,11H,7-8,10H2,1-6H3,(H,17,18). The van der Waals surface area contributed by atoms with Gasteiger partial charge in [-0.1, -0.05) is 0 Å². The van der Waals surface area contributed by atoms with Gasteiger partial charge in [0.15, 0.2) is 5.96 Å². The first-order chi connectivity index (χ1) is 10.7. The van der Waals surface area contributed by atoms with Crippen molar-refractivity contribution in [3.63, 3.8) is 0 Å². The van der Waals surface area contributed by atoms with Crippen LogP contribution in [0.25, 0.3) is 0 Å². The van der Waals surface area contributed by atoms with Gasteiger partial charge in [-0.2, -0.15) is 0 Å². The minimum Gasteiger partial charge on any atom is -0.350 e. The third-order valence-electron chi connectivity index (χ3n) is 3.92. The van der Waals surface area contributed by atoms with E-state index in [2.05, 4.69) is 43.0 Å². The minimum absolute atomic E-state index is 0.143. The number of carbonyl (C=O) groups excluding carboxylic acids is 1. The Balaban J connectivity index is 2.06. The molecule has 2 rings (SSSR count). The van der Waals surface area contributed by atoms with Crippen LogP contribution in [0.15, 0.2) is 10.4 Å². The molecule has 1 aromatic heterocycles. The summed E-state index contributed by atoms with van der Waals surface area (Å²) in [6.07, 6.45) is 0. The van der Waals surface area contributed by atoms with Crippen LogP contribution in [-0.4, -0.2) is 58.4 Å². The molecule has 1 aliphatic rings. The fourth-order valence-corrected chi connectivity index (χ4v) is 4.00. The summed E-state index contributed by atoms with van der Waals surface area (Å²) >= 11 is 1.63. The van der Waals surface area contributed by atoms with E-state index in [9.17, 15) is 4.79 Å². The highest BCUT2D eigenvalue weighted by molar-refractivity contribution is 7.09. The highest BCUT2D eigenvalue weighted by Gasteiger charge is 2.40. The van der Waals surface area contributed by atoms with Crippen molar-refractivity contribution in [3.05, 3.63) is 16.1 Å². The van der Waals surface area contributed by atoms with E-state index >= 15 is 0 Å². The van der Waals surface area contributed by atoms with E-state index in [4.69, 9.17) is 0 Å². The van der Waals surface area contributed by atoms with E-state index in [1.54, 1.807) is 18.4 Å². The molecule has 1 fully saturated rings. The normalized spacial score (nSPS) is 18.7. The number of aromatic nitrogens is 1. The maximum atomic E-state index is 12.6. The van der Waals surface area contributed by atoms with Crippen LogP contribution in [0, 0.1) is 6.92 Å². The molecule has 0 radical (unpaired) electrons. The van der Waals surface area contributed by atoms with Crippen molar-refractivity contribution in [2.24, 2.45) is 4.99 Å². The van der Waals surface area contributed by atoms with Crippen molar-refractivity contribution >= 4 is 23.2 Å². The fraction of sp³-hybridized carbons (Fsp3) is 0.688. The zero-order valence-corrected chi connectivity index (χ0v) is 15.7. The smallest absolute Gasteiger partial charge is 0.242 e. The lowest BCUT2D eigenvalue weighted by molar-refractivity contribution is -0.145. The number of nitrogens with one attached hydrogen (secondary N) is 1. The van der Waals surface area contributed by atoms with Gasteiger partial charge in [0.1, 0.15) is 5.01 Å². The zero-order valence-electron chi connectivity index (χ0n) is 14.9. The lowest BCUT2D eigenvalue weighted by atomic mass is 9.96. The second-order valence-electron chi connectivity index (χ2n) is 6.81. The van der Waals surface area contributed by atoms with Gasteiger partial charge < -0.3 is 15.1 Å². The largest absolute Gasteiger partial charge is 0.350 e. The number of nitrogens with zero attached hydrogens (tertiary/aromatic N) is 4. The number of guanidine groups is 1. The lowest BCUT2D eigenvalue weighted by Gasteiger charge is -2.49. The van der Waals surface area contributed by atoms with Crippen molar-refractivity contribution in [1.82, 2.24) is 20.1 Å². The van der Waals surface area contributed by atoms with Crippen LogP contribution in [-0.2, 0) is 11.3 Å². The Morgan fingerprint density at radius 2 is 2.22 bits per heavy atom. The van der Waals surface area contributed by atoms with Gasteiger partial charge in [0, 0.05) is 30.7 Å². The van der Waals surface area contributed by atoms with E-state index in [1.165, 1.54) is 0 Å². The molecule has 128 valence electrons. The van der Waals surface area contributed by atoms with Crippen LogP contribution >= 0.6 is 11.3 Å². The first-order valence-electron chi connectivity index (χ1n) is 7.93. The van der Waals surface area contributed by atoms with E-state index in [0.717, 1.165) is 23.2 Å². The van der Waals surface area contributed by atoms with E-state index in [1.807, 2.05) is 22.1 Å². The molecule has 1 aromatic rings. The summed E-state index contributed by atoms with van der Waals surface area (Å²) in [5.41, 5.74) is 0.808.